The highest BCUT2D eigenvalue weighted by atomic mass is 32.1. The Morgan fingerprint density at radius 3 is 2.10 bits per heavy atom. The minimum Gasteiger partial charge on any atom is -0.332 e. The van der Waals surface area contributed by atoms with Crippen LogP contribution in [0, 0.1) is 5.41 Å². The Labute approximate surface area is 127 Å². The van der Waals surface area contributed by atoms with Gasteiger partial charge in [0.25, 0.3) is 0 Å². The van der Waals surface area contributed by atoms with Gasteiger partial charge in [-0.15, -0.1) is 0 Å². The molecule has 4 nitrogen and oxygen atoms in total. The van der Waals surface area contributed by atoms with Gasteiger partial charge in [-0.25, -0.2) is 0 Å². The van der Waals surface area contributed by atoms with Crippen LogP contribution in [0.5, 0.6) is 0 Å². The molecule has 0 aromatic rings. The summed E-state index contributed by atoms with van der Waals surface area (Å²) in [7, 11) is 0. The van der Waals surface area contributed by atoms with Gasteiger partial charge in [0.1, 0.15) is 0 Å². The third-order valence-corrected chi connectivity index (χ3v) is 5.44. The Balaban J connectivity index is 2.03. The number of amides is 2. The molecule has 5 heteroatoms. The highest BCUT2D eigenvalue weighted by Crippen LogP contribution is 2.37. The van der Waals surface area contributed by atoms with Crippen LogP contribution in [0.1, 0.15) is 45.4 Å². The Kier molecular flexibility index (Phi) is 5.35. The van der Waals surface area contributed by atoms with Crippen molar-refractivity contribution in [3.63, 3.8) is 0 Å². The zero-order valence-electron chi connectivity index (χ0n) is 12.4. The fourth-order valence-electron chi connectivity index (χ4n) is 3.38. The minimum absolute atomic E-state index is 0.0787. The molecule has 20 heavy (non-hydrogen) atoms. The summed E-state index contributed by atoms with van der Waals surface area (Å²) < 4.78 is 0. The van der Waals surface area contributed by atoms with Crippen molar-refractivity contribution in [3.05, 3.63) is 0 Å². The molecule has 1 aliphatic heterocycles. The fraction of sp³-hybridized carbons (Fsp3) is 0.867. The van der Waals surface area contributed by atoms with Gasteiger partial charge >= 0.3 is 0 Å². The van der Waals surface area contributed by atoms with Gasteiger partial charge < -0.3 is 9.80 Å². The molecule has 2 aliphatic rings. The average Bonchev–Trinajstić information content (AvgIpc) is 2.68. The molecular weight excluding hydrogens is 272 g/mol. The smallest absolute Gasteiger partial charge is 0.242 e. The number of nitrogens with zero attached hydrogens (tertiary/aromatic N) is 2. The van der Waals surface area contributed by atoms with Crippen LogP contribution in [0.4, 0.5) is 0 Å². The lowest BCUT2D eigenvalue weighted by molar-refractivity contribution is -0.151. The number of carbonyl (C=O) groups excluding carboxylic acids is 2. The summed E-state index contributed by atoms with van der Waals surface area (Å²) in [6.07, 6.45) is 7.27. The number of hydrogen-bond donors (Lipinski definition) is 1. The van der Waals surface area contributed by atoms with Gasteiger partial charge in [0.05, 0.1) is 13.1 Å². The molecule has 0 unspecified atom stereocenters. The maximum atomic E-state index is 12.2. The maximum absolute atomic E-state index is 12.2. The Bertz CT molecular complexity index is 365. The van der Waals surface area contributed by atoms with E-state index in [1.54, 1.807) is 9.80 Å². The summed E-state index contributed by atoms with van der Waals surface area (Å²) >= 11 is 4.55. The van der Waals surface area contributed by atoms with Crippen molar-refractivity contribution < 1.29 is 9.59 Å². The molecule has 0 atom stereocenters. The lowest BCUT2D eigenvalue weighted by Crippen LogP contribution is -2.56. The van der Waals surface area contributed by atoms with Crippen LogP contribution in [-0.4, -0.2) is 53.5 Å². The van der Waals surface area contributed by atoms with E-state index in [1.807, 2.05) is 6.92 Å². The first-order chi connectivity index (χ1) is 9.60. The zero-order valence-corrected chi connectivity index (χ0v) is 13.3. The predicted molar refractivity (Wildman–Crippen MR) is 82.8 cm³/mol. The Hall–Kier alpha value is -0.710. The maximum Gasteiger partial charge on any atom is 0.242 e. The monoisotopic (exact) mass is 298 g/mol. The van der Waals surface area contributed by atoms with E-state index in [0.717, 1.165) is 18.6 Å². The van der Waals surface area contributed by atoms with Crippen molar-refractivity contribution in [1.29, 1.82) is 0 Å². The third-order valence-electron chi connectivity index (χ3n) is 4.77. The molecule has 0 aromatic heterocycles. The van der Waals surface area contributed by atoms with Gasteiger partial charge in [0.15, 0.2) is 0 Å². The lowest BCUT2D eigenvalue weighted by atomic mass is 9.81. The molecule has 2 amide bonds. The second kappa shape index (κ2) is 6.83. The third kappa shape index (κ3) is 3.48. The SMILES string of the molecule is CCN1CC(=O)N(CC2(CS)CCCCCC2)CC1=O. The number of hydrogen-bond acceptors (Lipinski definition) is 3. The number of likely N-dealkylation sites (N-methyl/N-ethyl adjacent to an activating group) is 1. The van der Waals surface area contributed by atoms with Gasteiger partial charge in [-0.05, 0) is 30.9 Å². The Morgan fingerprint density at radius 2 is 1.55 bits per heavy atom. The van der Waals surface area contributed by atoms with Crippen LogP contribution in [0.3, 0.4) is 0 Å². The van der Waals surface area contributed by atoms with Gasteiger partial charge in [-0.2, -0.15) is 12.6 Å². The summed E-state index contributed by atoms with van der Waals surface area (Å²) in [6, 6.07) is 0. The van der Waals surface area contributed by atoms with E-state index in [2.05, 4.69) is 12.6 Å². The number of piperazine rings is 1. The highest BCUT2D eigenvalue weighted by Gasteiger charge is 2.36. The summed E-state index contributed by atoms with van der Waals surface area (Å²) in [5, 5.41) is 0. The van der Waals surface area contributed by atoms with Gasteiger partial charge in [0.2, 0.25) is 11.8 Å². The van der Waals surface area contributed by atoms with E-state index < -0.39 is 0 Å². The van der Waals surface area contributed by atoms with Crippen LogP contribution in [-0.2, 0) is 9.59 Å². The molecule has 2 rings (SSSR count). The molecule has 0 radical (unpaired) electrons. The quantitative estimate of drug-likeness (QED) is 0.636. The summed E-state index contributed by atoms with van der Waals surface area (Å²) in [5.74, 6) is 0.981. The zero-order chi connectivity index (χ0) is 14.6. The van der Waals surface area contributed by atoms with Crippen molar-refractivity contribution >= 4 is 24.4 Å². The van der Waals surface area contributed by atoms with Gasteiger partial charge in [-0.1, -0.05) is 25.7 Å². The van der Waals surface area contributed by atoms with E-state index in [4.69, 9.17) is 0 Å². The molecule has 1 aliphatic carbocycles. The fourth-order valence-corrected chi connectivity index (χ4v) is 3.80. The first-order valence-corrected chi connectivity index (χ1v) is 8.40. The topological polar surface area (TPSA) is 40.6 Å². The number of carbonyl (C=O) groups is 2. The second-order valence-electron chi connectivity index (χ2n) is 6.23. The van der Waals surface area contributed by atoms with E-state index in [0.29, 0.717) is 13.1 Å². The highest BCUT2D eigenvalue weighted by molar-refractivity contribution is 7.80. The van der Waals surface area contributed by atoms with E-state index >= 15 is 0 Å². The molecule has 1 heterocycles. The standard InChI is InChI=1S/C15H26N2O2S/c1-2-16-9-14(19)17(10-13(16)18)11-15(12-20)7-5-3-4-6-8-15/h20H,2-12H2,1H3. The van der Waals surface area contributed by atoms with Crippen LogP contribution in [0.15, 0.2) is 0 Å². The van der Waals surface area contributed by atoms with Crippen molar-refractivity contribution in [3.8, 4) is 0 Å². The lowest BCUT2D eigenvalue weighted by Gasteiger charge is -2.40. The van der Waals surface area contributed by atoms with Crippen molar-refractivity contribution in [2.24, 2.45) is 5.41 Å². The molecule has 0 spiro atoms. The first-order valence-electron chi connectivity index (χ1n) is 7.77. The number of thiol groups is 1. The van der Waals surface area contributed by atoms with Crippen LogP contribution >= 0.6 is 12.6 Å². The van der Waals surface area contributed by atoms with Crippen LogP contribution in [0.25, 0.3) is 0 Å². The van der Waals surface area contributed by atoms with E-state index in [1.165, 1.54) is 25.7 Å². The predicted octanol–water partition coefficient (Wildman–Crippen LogP) is 1.95. The number of rotatable bonds is 4. The molecule has 1 saturated heterocycles. The molecule has 0 bridgehead atoms. The van der Waals surface area contributed by atoms with Crippen molar-refractivity contribution in [2.75, 3.05) is 31.9 Å². The first kappa shape index (κ1) is 15.7. The molecule has 2 fully saturated rings. The molecule has 0 N–H and O–H groups in total. The summed E-state index contributed by atoms with van der Waals surface area (Å²) in [4.78, 5) is 27.6. The second-order valence-corrected chi connectivity index (χ2v) is 6.55. The average molecular weight is 298 g/mol. The van der Waals surface area contributed by atoms with Crippen molar-refractivity contribution in [2.45, 2.75) is 45.4 Å². The van der Waals surface area contributed by atoms with Crippen LogP contribution < -0.4 is 0 Å². The van der Waals surface area contributed by atoms with Gasteiger partial charge in [-0.3, -0.25) is 9.59 Å². The minimum atomic E-state index is 0.0787. The largest absolute Gasteiger partial charge is 0.332 e. The van der Waals surface area contributed by atoms with Crippen LogP contribution in [0.2, 0.25) is 0 Å². The molecular formula is C15H26N2O2S. The molecule has 114 valence electrons. The van der Waals surface area contributed by atoms with Gasteiger partial charge in [0, 0.05) is 13.1 Å². The normalized spacial score (nSPS) is 23.9. The van der Waals surface area contributed by atoms with E-state index in [9.17, 15) is 9.59 Å². The van der Waals surface area contributed by atoms with Crippen molar-refractivity contribution in [1.82, 2.24) is 9.80 Å². The summed E-state index contributed by atoms with van der Waals surface area (Å²) in [5.41, 5.74) is 0.115. The Morgan fingerprint density at radius 1 is 1.00 bits per heavy atom. The summed E-state index contributed by atoms with van der Waals surface area (Å²) in [6.45, 7) is 3.75. The molecule has 1 saturated carbocycles. The van der Waals surface area contributed by atoms with E-state index in [-0.39, 0.29) is 30.3 Å². The molecule has 0 aromatic carbocycles.